The first-order valence-corrected chi connectivity index (χ1v) is 10.4. The third-order valence-electron chi connectivity index (χ3n) is 5.04. The van der Waals surface area contributed by atoms with E-state index in [1.54, 1.807) is 7.11 Å². The molecule has 0 amide bonds. The molecule has 1 fully saturated rings. The fourth-order valence-corrected chi connectivity index (χ4v) is 3.91. The second kappa shape index (κ2) is 10.2. The molecule has 1 aliphatic carbocycles. The van der Waals surface area contributed by atoms with Crippen LogP contribution in [0.4, 0.5) is 0 Å². The van der Waals surface area contributed by atoms with Crippen molar-refractivity contribution in [2.45, 2.75) is 57.7 Å². The van der Waals surface area contributed by atoms with Crippen molar-refractivity contribution in [2.75, 3.05) is 7.11 Å². The van der Waals surface area contributed by atoms with Crippen LogP contribution in [0.25, 0.3) is 0 Å². The number of hydrogen-bond donors (Lipinski definition) is 1. The van der Waals surface area contributed by atoms with Gasteiger partial charge in [-0.05, 0) is 48.2 Å². The van der Waals surface area contributed by atoms with Crippen molar-refractivity contribution in [3.05, 3.63) is 57.6 Å². The van der Waals surface area contributed by atoms with E-state index in [0.717, 1.165) is 17.7 Å². The van der Waals surface area contributed by atoms with Crippen molar-refractivity contribution in [1.82, 2.24) is 5.32 Å². The van der Waals surface area contributed by atoms with Gasteiger partial charge in [0.1, 0.15) is 6.61 Å². The zero-order chi connectivity index (χ0) is 19.1. The summed E-state index contributed by atoms with van der Waals surface area (Å²) >= 11 is 12.4. The Balaban J connectivity index is 1.64. The lowest BCUT2D eigenvalue weighted by Gasteiger charge is -2.18. The third kappa shape index (κ3) is 6.03. The van der Waals surface area contributed by atoms with E-state index in [-0.39, 0.29) is 0 Å². The predicted octanol–water partition coefficient (Wildman–Crippen LogP) is 6.39. The van der Waals surface area contributed by atoms with E-state index < -0.39 is 0 Å². The maximum atomic E-state index is 6.50. The van der Waals surface area contributed by atoms with Gasteiger partial charge in [0, 0.05) is 17.6 Å². The average Bonchev–Trinajstić information content (AvgIpc) is 2.95. The highest BCUT2D eigenvalue weighted by molar-refractivity contribution is 6.32. The molecule has 0 saturated heterocycles. The molecule has 1 saturated carbocycles. The number of hydrogen-bond acceptors (Lipinski definition) is 3. The Hall–Kier alpha value is -1.42. The summed E-state index contributed by atoms with van der Waals surface area (Å²) in [6.45, 7) is 1.20. The van der Waals surface area contributed by atoms with Gasteiger partial charge in [0.25, 0.3) is 0 Å². The molecule has 3 rings (SSSR count). The van der Waals surface area contributed by atoms with Crippen LogP contribution in [0.3, 0.4) is 0 Å². The highest BCUT2D eigenvalue weighted by Crippen LogP contribution is 2.37. The molecule has 0 bridgehead atoms. The second-order valence-corrected chi connectivity index (χ2v) is 7.94. The summed E-state index contributed by atoms with van der Waals surface area (Å²) in [5.74, 6) is 1.24. The number of halogens is 2. The van der Waals surface area contributed by atoms with Crippen LogP contribution in [0, 0.1) is 0 Å². The van der Waals surface area contributed by atoms with Crippen LogP contribution in [0.1, 0.15) is 49.7 Å². The SMILES string of the molecule is COc1cc(CNC2CCCCCC2)cc(Cl)c1OCc1ccc(Cl)cc1. The zero-order valence-electron chi connectivity index (χ0n) is 15.8. The molecule has 3 nitrogen and oxygen atoms in total. The first-order chi connectivity index (χ1) is 13.2. The highest BCUT2D eigenvalue weighted by atomic mass is 35.5. The third-order valence-corrected chi connectivity index (χ3v) is 5.57. The van der Waals surface area contributed by atoms with Gasteiger partial charge in [-0.25, -0.2) is 0 Å². The molecule has 1 N–H and O–H groups in total. The molecular formula is C22H27Cl2NO2. The van der Waals surface area contributed by atoms with E-state index >= 15 is 0 Å². The molecule has 146 valence electrons. The number of benzene rings is 2. The lowest BCUT2D eigenvalue weighted by Crippen LogP contribution is -2.27. The van der Waals surface area contributed by atoms with Crippen molar-refractivity contribution in [3.63, 3.8) is 0 Å². The smallest absolute Gasteiger partial charge is 0.180 e. The van der Waals surface area contributed by atoms with Crippen molar-refractivity contribution >= 4 is 23.2 Å². The van der Waals surface area contributed by atoms with Gasteiger partial charge in [-0.2, -0.15) is 0 Å². The molecular weight excluding hydrogens is 381 g/mol. The summed E-state index contributed by atoms with van der Waals surface area (Å²) in [6.07, 6.45) is 7.87. The van der Waals surface area contributed by atoms with Crippen LogP contribution >= 0.6 is 23.2 Å². The Morgan fingerprint density at radius 2 is 1.67 bits per heavy atom. The van der Waals surface area contributed by atoms with Crippen LogP contribution in [0.15, 0.2) is 36.4 Å². The number of methoxy groups -OCH3 is 1. The van der Waals surface area contributed by atoms with E-state index in [2.05, 4.69) is 5.32 Å². The first kappa shape index (κ1) is 20.3. The van der Waals surface area contributed by atoms with Crippen LogP contribution in [0.5, 0.6) is 11.5 Å². The van der Waals surface area contributed by atoms with Crippen molar-refractivity contribution < 1.29 is 9.47 Å². The van der Waals surface area contributed by atoms with Crippen LogP contribution < -0.4 is 14.8 Å². The van der Waals surface area contributed by atoms with E-state index in [4.69, 9.17) is 32.7 Å². The van der Waals surface area contributed by atoms with Gasteiger partial charge in [0.05, 0.1) is 12.1 Å². The number of rotatable bonds is 7. The largest absolute Gasteiger partial charge is 0.493 e. The zero-order valence-corrected chi connectivity index (χ0v) is 17.3. The first-order valence-electron chi connectivity index (χ1n) is 9.63. The second-order valence-electron chi connectivity index (χ2n) is 7.09. The Morgan fingerprint density at radius 1 is 0.963 bits per heavy atom. The fraction of sp³-hybridized carbons (Fsp3) is 0.455. The molecule has 2 aromatic rings. The summed E-state index contributed by atoms with van der Waals surface area (Å²) in [4.78, 5) is 0. The topological polar surface area (TPSA) is 30.5 Å². The standard InChI is InChI=1S/C22H27Cl2NO2/c1-26-21-13-17(14-25-19-6-4-2-3-5-7-19)12-20(24)22(21)27-15-16-8-10-18(23)11-9-16/h8-13,19,25H,2-7,14-15H2,1H3. The minimum atomic E-state index is 0.410. The summed E-state index contributed by atoms with van der Waals surface area (Å²) in [5, 5.41) is 4.95. The maximum Gasteiger partial charge on any atom is 0.180 e. The van der Waals surface area contributed by atoms with Gasteiger partial charge in [-0.1, -0.05) is 61.0 Å². The maximum absolute atomic E-state index is 6.50. The van der Waals surface area contributed by atoms with Gasteiger partial charge < -0.3 is 14.8 Å². The van der Waals surface area contributed by atoms with E-state index in [0.29, 0.717) is 34.2 Å². The lowest BCUT2D eigenvalue weighted by molar-refractivity contribution is 0.284. The normalized spacial score (nSPS) is 15.4. The van der Waals surface area contributed by atoms with Crippen molar-refractivity contribution in [3.8, 4) is 11.5 Å². The van der Waals surface area contributed by atoms with Gasteiger partial charge in [-0.15, -0.1) is 0 Å². The van der Waals surface area contributed by atoms with Gasteiger partial charge in [0.2, 0.25) is 0 Å². The van der Waals surface area contributed by atoms with E-state index in [1.165, 1.54) is 38.5 Å². The minimum absolute atomic E-state index is 0.410. The van der Waals surface area contributed by atoms with Crippen molar-refractivity contribution in [1.29, 1.82) is 0 Å². The molecule has 0 atom stereocenters. The summed E-state index contributed by atoms with van der Waals surface area (Å²) in [5.41, 5.74) is 2.14. The van der Waals surface area contributed by atoms with Crippen LogP contribution in [0.2, 0.25) is 10.0 Å². The Labute approximate surface area is 172 Å². The highest BCUT2D eigenvalue weighted by Gasteiger charge is 2.15. The lowest BCUT2D eigenvalue weighted by atomic mass is 10.1. The molecule has 0 heterocycles. The molecule has 2 aromatic carbocycles. The predicted molar refractivity (Wildman–Crippen MR) is 112 cm³/mol. The summed E-state index contributed by atoms with van der Waals surface area (Å²) < 4.78 is 11.5. The monoisotopic (exact) mass is 407 g/mol. The van der Waals surface area contributed by atoms with Gasteiger partial charge in [0.15, 0.2) is 11.5 Å². The molecule has 0 spiro atoms. The Kier molecular flexibility index (Phi) is 7.69. The molecule has 0 aromatic heterocycles. The van der Waals surface area contributed by atoms with Gasteiger partial charge in [-0.3, -0.25) is 0 Å². The number of nitrogens with one attached hydrogen (secondary N) is 1. The fourth-order valence-electron chi connectivity index (χ4n) is 3.50. The summed E-state index contributed by atoms with van der Waals surface area (Å²) in [7, 11) is 1.64. The molecule has 1 aliphatic rings. The number of ether oxygens (including phenoxy) is 2. The average molecular weight is 408 g/mol. The molecule has 0 radical (unpaired) electrons. The quantitative estimate of drug-likeness (QED) is 0.538. The van der Waals surface area contributed by atoms with Crippen LogP contribution in [-0.2, 0) is 13.2 Å². The Morgan fingerprint density at radius 3 is 2.33 bits per heavy atom. The molecule has 5 heteroatoms. The van der Waals surface area contributed by atoms with E-state index in [9.17, 15) is 0 Å². The summed E-state index contributed by atoms with van der Waals surface area (Å²) in [6, 6.07) is 12.1. The molecule has 27 heavy (non-hydrogen) atoms. The molecule has 0 aliphatic heterocycles. The van der Waals surface area contributed by atoms with E-state index in [1.807, 2.05) is 36.4 Å². The van der Waals surface area contributed by atoms with Crippen molar-refractivity contribution in [2.24, 2.45) is 0 Å². The van der Waals surface area contributed by atoms with Gasteiger partial charge >= 0.3 is 0 Å². The minimum Gasteiger partial charge on any atom is -0.493 e. The van der Waals surface area contributed by atoms with Crippen LogP contribution in [-0.4, -0.2) is 13.2 Å². The molecule has 0 unspecified atom stereocenters. The Bertz CT molecular complexity index is 726.